The molecule has 0 bridgehead atoms. The fraction of sp³-hybridized carbons (Fsp3) is 0.417. The van der Waals surface area contributed by atoms with Crippen LogP contribution < -0.4 is 5.73 Å². The predicted molar refractivity (Wildman–Crippen MR) is 57.6 cm³/mol. The van der Waals surface area contributed by atoms with Crippen LogP contribution in [0.25, 0.3) is 0 Å². The summed E-state index contributed by atoms with van der Waals surface area (Å²) in [6.07, 6.45) is 2.62. The average Bonchev–Trinajstić information content (AvgIpc) is 2.27. The van der Waals surface area contributed by atoms with Crippen LogP contribution in [0.5, 0.6) is 0 Å². The molecule has 1 aliphatic rings. The zero-order chi connectivity index (χ0) is 10.8. The monoisotopic (exact) mass is 205 g/mol. The third-order valence-electron chi connectivity index (χ3n) is 3.18. The molecule has 0 heterocycles. The van der Waals surface area contributed by atoms with Crippen LogP contribution in [0.3, 0.4) is 0 Å². The summed E-state index contributed by atoms with van der Waals surface area (Å²) >= 11 is 0. The summed E-state index contributed by atoms with van der Waals surface area (Å²) in [7, 11) is 0. The molecule has 0 radical (unpaired) electrons. The number of carbonyl (C=O) groups is 1. The molecule has 0 fully saturated rings. The molecular formula is C12H15NO2. The van der Waals surface area contributed by atoms with Gasteiger partial charge in [0.1, 0.15) is 6.04 Å². The lowest BCUT2D eigenvalue weighted by atomic mass is 9.80. The standard InChI is InChI=1S/C12H15NO2/c13-11(12(14)15)10-6-5-8-3-1-2-4-9(8)7-10/h1-4,10-11H,5-7,13H2,(H,14,15). The lowest BCUT2D eigenvalue weighted by Gasteiger charge is -2.26. The van der Waals surface area contributed by atoms with Crippen LogP contribution in [0.15, 0.2) is 24.3 Å². The highest BCUT2D eigenvalue weighted by atomic mass is 16.4. The second-order valence-electron chi connectivity index (χ2n) is 4.14. The molecule has 0 saturated heterocycles. The molecule has 0 aliphatic heterocycles. The van der Waals surface area contributed by atoms with Crippen molar-refractivity contribution in [2.24, 2.45) is 11.7 Å². The van der Waals surface area contributed by atoms with Crippen molar-refractivity contribution in [1.29, 1.82) is 0 Å². The highest BCUT2D eigenvalue weighted by Crippen LogP contribution is 2.26. The quantitative estimate of drug-likeness (QED) is 0.762. The SMILES string of the molecule is NC(C(=O)O)C1CCc2ccccc2C1. The normalized spacial score (nSPS) is 21.8. The van der Waals surface area contributed by atoms with Crippen molar-refractivity contribution < 1.29 is 9.90 Å². The highest BCUT2D eigenvalue weighted by molar-refractivity contribution is 5.73. The number of benzene rings is 1. The molecule has 0 aromatic heterocycles. The molecule has 2 unspecified atom stereocenters. The van der Waals surface area contributed by atoms with Crippen molar-refractivity contribution in [1.82, 2.24) is 0 Å². The van der Waals surface area contributed by atoms with Crippen LogP contribution in [-0.2, 0) is 17.6 Å². The number of hydrogen-bond acceptors (Lipinski definition) is 2. The Balaban J connectivity index is 2.15. The second kappa shape index (κ2) is 4.03. The van der Waals surface area contributed by atoms with Gasteiger partial charge in [0.25, 0.3) is 0 Å². The summed E-state index contributed by atoms with van der Waals surface area (Å²) in [5, 5.41) is 8.86. The number of carboxylic acid groups (broad SMARTS) is 1. The third-order valence-corrected chi connectivity index (χ3v) is 3.18. The number of carboxylic acids is 1. The molecule has 0 amide bonds. The molecule has 3 heteroatoms. The Morgan fingerprint density at radius 1 is 1.40 bits per heavy atom. The molecular weight excluding hydrogens is 190 g/mol. The van der Waals surface area contributed by atoms with Gasteiger partial charge in [-0.1, -0.05) is 24.3 Å². The van der Waals surface area contributed by atoms with Crippen molar-refractivity contribution in [3.8, 4) is 0 Å². The van der Waals surface area contributed by atoms with Gasteiger partial charge in [0.2, 0.25) is 0 Å². The van der Waals surface area contributed by atoms with E-state index < -0.39 is 12.0 Å². The van der Waals surface area contributed by atoms with E-state index in [0.29, 0.717) is 0 Å². The van der Waals surface area contributed by atoms with Gasteiger partial charge in [0.05, 0.1) is 0 Å². The van der Waals surface area contributed by atoms with Crippen LogP contribution >= 0.6 is 0 Å². The molecule has 2 rings (SSSR count). The summed E-state index contributed by atoms with van der Waals surface area (Å²) in [6.45, 7) is 0. The summed E-state index contributed by atoms with van der Waals surface area (Å²) < 4.78 is 0. The maximum atomic E-state index is 10.8. The summed E-state index contributed by atoms with van der Waals surface area (Å²) in [5.74, 6) is -0.809. The lowest BCUT2D eigenvalue weighted by molar-refractivity contribution is -0.140. The second-order valence-corrected chi connectivity index (χ2v) is 4.14. The van der Waals surface area contributed by atoms with Crippen LogP contribution in [0.1, 0.15) is 17.5 Å². The molecule has 1 aromatic rings. The van der Waals surface area contributed by atoms with E-state index in [2.05, 4.69) is 12.1 Å². The first kappa shape index (κ1) is 10.2. The van der Waals surface area contributed by atoms with E-state index in [4.69, 9.17) is 10.8 Å². The number of rotatable bonds is 2. The Bertz CT molecular complexity index is 376. The minimum Gasteiger partial charge on any atom is -0.480 e. The number of aliphatic carboxylic acids is 1. The van der Waals surface area contributed by atoms with E-state index in [1.54, 1.807) is 0 Å². The van der Waals surface area contributed by atoms with Gasteiger partial charge in [-0.05, 0) is 36.3 Å². The van der Waals surface area contributed by atoms with Crippen molar-refractivity contribution in [2.75, 3.05) is 0 Å². The van der Waals surface area contributed by atoms with Crippen molar-refractivity contribution in [3.05, 3.63) is 35.4 Å². The van der Waals surface area contributed by atoms with Crippen LogP contribution in [-0.4, -0.2) is 17.1 Å². The van der Waals surface area contributed by atoms with Gasteiger partial charge >= 0.3 is 5.97 Å². The minimum absolute atomic E-state index is 0.0809. The molecule has 1 aliphatic carbocycles. The molecule has 0 saturated carbocycles. The topological polar surface area (TPSA) is 63.3 Å². The van der Waals surface area contributed by atoms with Crippen molar-refractivity contribution in [2.45, 2.75) is 25.3 Å². The van der Waals surface area contributed by atoms with Crippen LogP contribution in [0, 0.1) is 5.92 Å². The molecule has 80 valence electrons. The Labute approximate surface area is 88.9 Å². The van der Waals surface area contributed by atoms with E-state index in [1.807, 2.05) is 12.1 Å². The number of hydrogen-bond donors (Lipinski definition) is 2. The lowest BCUT2D eigenvalue weighted by Crippen LogP contribution is -2.40. The number of aryl methyl sites for hydroxylation is 1. The Morgan fingerprint density at radius 2 is 2.07 bits per heavy atom. The predicted octanol–water partition coefficient (Wildman–Crippen LogP) is 1.20. The Morgan fingerprint density at radius 3 is 2.73 bits per heavy atom. The number of nitrogens with two attached hydrogens (primary N) is 1. The van der Waals surface area contributed by atoms with Crippen LogP contribution in [0.2, 0.25) is 0 Å². The van der Waals surface area contributed by atoms with E-state index in [0.717, 1.165) is 19.3 Å². The van der Waals surface area contributed by atoms with E-state index in [-0.39, 0.29) is 5.92 Å². The summed E-state index contributed by atoms with van der Waals surface area (Å²) in [6, 6.07) is 7.47. The smallest absolute Gasteiger partial charge is 0.320 e. The average molecular weight is 205 g/mol. The molecule has 2 atom stereocenters. The first-order valence-electron chi connectivity index (χ1n) is 5.23. The Kier molecular flexibility index (Phi) is 2.73. The van der Waals surface area contributed by atoms with Crippen LogP contribution in [0.4, 0.5) is 0 Å². The van der Waals surface area contributed by atoms with Gasteiger partial charge in [0, 0.05) is 0 Å². The van der Waals surface area contributed by atoms with Crippen molar-refractivity contribution >= 4 is 5.97 Å². The maximum absolute atomic E-state index is 10.8. The molecule has 15 heavy (non-hydrogen) atoms. The molecule has 3 N–H and O–H groups in total. The Hall–Kier alpha value is -1.35. The van der Waals surface area contributed by atoms with E-state index in [1.165, 1.54) is 11.1 Å². The number of fused-ring (bicyclic) bond motifs is 1. The maximum Gasteiger partial charge on any atom is 0.320 e. The van der Waals surface area contributed by atoms with Crippen molar-refractivity contribution in [3.63, 3.8) is 0 Å². The largest absolute Gasteiger partial charge is 0.480 e. The van der Waals surface area contributed by atoms with Gasteiger partial charge in [0.15, 0.2) is 0 Å². The van der Waals surface area contributed by atoms with Gasteiger partial charge in [-0.2, -0.15) is 0 Å². The van der Waals surface area contributed by atoms with Gasteiger partial charge in [-0.15, -0.1) is 0 Å². The molecule has 1 aromatic carbocycles. The van der Waals surface area contributed by atoms with E-state index >= 15 is 0 Å². The van der Waals surface area contributed by atoms with Gasteiger partial charge in [-0.3, -0.25) is 4.79 Å². The summed E-state index contributed by atoms with van der Waals surface area (Å²) in [4.78, 5) is 10.8. The zero-order valence-electron chi connectivity index (χ0n) is 8.52. The summed E-state index contributed by atoms with van der Waals surface area (Å²) in [5.41, 5.74) is 8.24. The zero-order valence-corrected chi connectivity index (χ0v) is 8.52. The van der Waals surface area contributed by atoms with Gasteiger partial charge < -0.3 is 10.8 Å². The highest BCUT2D eigenvalue weighted by Gasteiger charge is 2.27. The van der Waals surface area contributed by atoms with Gasteiger partial charge in [-0.25, -0.2) is 0 Å². The van der Waals surface area contributed by atoms with E-state index in [9.17, 15) is 4.79 Å². The first-order valence-corrected chi connectivity index (χ1v) is 5.23. The first-order chi connectivity index (χ1) is 7.18. The third kappa shape index (κ3) is 2.02. The fourth-order valence-corrected chi connectivity index (χ4v) is 2.23. The molecule has 3 nitrogen and oxygen atoms in total. The fourth-order valence-electron chi connectivity index (χ4n) is 2.23. The minimum atomic E-state index is -0.889. The molecule has 0 spiro atoms.